The van der Waals surface area contributed by atoms with E-state index in [9.17, 15) is 13.6 Å². The second kappa shape index (κ2) is 12.1. The van der Waals surface area contributed by atoms with Crippen molar-refractivity contribution in [3.8, 4) is 17.1 Å². The molecule has 5 rings (SSSR count). The Hall–Kier alpha value is -4.17. The zero-order chi connectivity index (χ0) is 31.8. The monoisotopic (exact) mass is 624 g/mol. The molecule has 234 valence electrons. The molecule has 0 fully saturated rings. The summed E-state index contributed by atoms with van der Waals surface area (Å²) >= 11 is 0. The minimum Gasteiger partial charge on any atom is -0.435 e. The van der Waals surface area contributed by atoms with Crippen molar-refractivity contribution in [3.63, 3.8) is 0 Å². The standard InChI is InChI=1S/C30H38F2N8O3Si/c1-18(19-13-34-35-14-19)40-24-9-8-20(43-29(31)32)12-21(24)25(38-40)23-15-33-27-26(36-23)22(28(41)37-30(2,3)4)16-39(27)17-42-10-11-44(5,6)7/h8-9,12-16,18,29H,10-11,17H2,1-7H3,(H,34,35)(H,37,41). The van der Waals surface area contributed by atoms with E-state index in [1.165, 1.54) is 12.1 Å². The van der Waals surface area contributed by atoms with Gasteiger partial charge in [0.15, 0.2) is 5.65 Å². The minimum atomic E-state index is -2.98. The number of nitrogens with zero attached hydrogens (tertiary/aromatic N) is 6. The molecule has 0 radical (unpaired) electrons. The molecular formula is C30H38F2N8O3Si. The molecule has 0 aliphatic heterocycles. The Morgan fingerprint density at radius 1 is 1.18 bits per heavy atom. The molecule has 44 heavy (non-hydrogen) atoms. The number of alkyl halides is 2. The van der Waals surface area contributed by atoms with Crippen molar-refractivity contribution in [1.29, 1.82) is 0 Å². The van der Waals surface area contributed by atoms with Crippen LogP contribution in [0, 0.1) is 0 Å². The summed E-state index contributed by atoms with van der Waals surface area (Å²) in [6.07, 6.45) is 6.75. The largest absolute Gasteiger partial charge is 0.435 e. The van der Waals surface area contributed by atoms with Gasteiger partial charge in [-0.05, 0) is 51.9 Å². The Morgan fingerprint density at radius 2 is 1.95 bits per heavy atom. The lowest BCUT2D eigenvalue weighted by atomic mass is 10.1. The first kappa shape index (κ1) is 31.3. The quantitative estimate of drug-likeness (QED) is 0.132. The van der Waals surface area contributed by atoms with Crippen LogP contribution < -0.4 is 10.1 Å². The Kier molecular flexibility index (Phi) is 8.58. The first-order valence-corrected chi connectivity index (χ1v) is 18.1. The van der Waals surface area contributed by atoms with E-state index in [-0.39, 0.29) is 24.4 Å². The maximum absolute atomic E-state index is 13.4. The van der Waals surface area contributed by atoms with Gasteiger partial charge < -0.3 is 19.4 Å². The summed E-state index contributed by atoms with van der Waals surface area (Å²) < 4.78 is 40.5. The SMILES string of the molecule is CC(c1cn[nH]c1)n1nc(-c2cnc3c(n2)c(C(=O)NC(C)(C)C)cn3COCC[Si](C)(C)C)c2cc(OC(F)F)ccc21. The van der Waals surface area contributed by atoms with Gasteiger partial charge in [0.1, 0.15) is 29.4 Å². The number of nitrogens with one attached hydrogen (secondary N) is 2. The van der Waals surface area contributed by atoms with Crippen LogP contribution in [0.15, 0.2) is 43.0 Å². The second-order valence-electron chi connectivity index (χ2n) is 13.1. The molecule has 0 saturated heterocycles. The molecule has 0 aliphatic rings. The molecule has 1 unspecified atom stereocenters. The smallest absolute Gasteiger partial charge is 0.387 e. The number of rotatable bonds is 11. The zero-order valence-corrected chi connectivity index (χ0v) is 27.0. The summed E-state index contributed by atoms with van der Waals surface area (Å²) in [6.45, 7) is 12.4. The van der Waals surface area contributed by atoms with E-state index in [1.807, 2.05) is 27.7 Å². The first-order valence-electron chi connectivity index (χ1n) is 14.4. The van der Waals surface area contributed by atoms with Crippen molar-refractivity contribution >= 4 is 36.0 Å². The van der Waals surface area contributed by atoms with E-state index >= 15 is 0 Å². The maximum atomic E-state index is 13.4. The molecule has 14 heteroatoms. The lowest BCUT2D eigenvalue weighted by Crippen LogP contribution is -2.40. The predicted octanol–water partition coefficient (Wildman–Crippen LogP) is 6.22. The highest BCUT2D eigenvalue weighted by molar-refractivity contribution is 6.76. The van der Waals surface area contributed by atoms with Gasteiger partial charge in [0.25, 0.3) is 5.91 Å². The van der Waals surface area contributed by atoms with Gasteiger partial charge in [-0.25, -0.2) is 9.97 Å². The van der Waals surface area contributed by atoms with Gasteiger partial charge >= 0.3 is 6.61 Å². The van der Waals surface area contributed by atoms with Crippen LogP contribution in [0.25, 0.3) is 33.5 Å². The topological polar surface area (TPSA) is 125 Å². The van der Waals surface area contributed by atoms with Gasteiger partial charge in [0.05, 0.1) is 29.5 Å². The Balaban J connectivity index is 1.62. The number of carbonyl (C=O) groups is 1. The number of fused-ring (bicyclic) bond motifs is 2. The molecule has 4 aromatic heterocycles. The lowest BCUT2D eigenvalue weighted by Gasteiger charge is -2.20. The number of carbonyl (C=O) groups excluding carboxylic acids is 1. The number of aromatic amines is 1. The summed E-state index contributed by atoms with van der Waals surface area (Å²) in [7, 11) is -1.28. The zero-order valence-electron chi connectivity index (χ0n) is 26.0. The number of halogens is 2. The number of amides is 1. The van der Waals surface area contributed by atoms with E-state index < -0.39 is 20.2 Å². The Morgan fingerprint density at radius 3 is 2.61 bits per heavy atom. The van der Waals surface area contributed by atoms with E-state index in [4.69, 9.17) is 24.5 Å². The molecule has 1 aromatic carbocycles. The van der Waals surface area contributed by atoms with Gasteiger partial charge in [-0.1, -0.05) is 19.6 Å². The van der Waals surface area contributed by atoms with Crippen molar-refractivity contribution in [2.45, 2.75) is 78.3 Å². The third kappa shape index (κ3) is 6.96. The molecular weight excluding hydrogens is 586 g/mol. The molecule has 2 N–H and O–H groups in total. The molecule has 1 amide bonds. The van der Waals surface area contributed by atoms with E-state index in [0.717, 1.165) is 11.6 Å². The summed E-state index contributed by atoms with van der Waals surface area (Å²) in [6, 6.07) is 5.43. The molecule has 0 saturated carbocycles. The van der Waals surface area contributed by atoms with Crippen LogP contribution in [0.5, 0.6) is 5.75 Å². The number of ether oxygens (including phenoxy) is 2. The third-order valence-corrected chi connectivity index (χ3v) is 8.74. The molecule has 5 aromatic rings. The van der Waals surface area contributed by atoms with Crippen LogP contribution in [-0.4, -0.2) is 67.3 Å². The van der Waals surface area contributed by atoms with Crippen molar-refractivity contribution in [3.05, 3.63) is 54.1 Å². The maximum Gasteiger partial charge on any atom is 0.387 e. The average molecular weight is 625 g/mol. The summed E-state index contributed by atoms with van der Waals surface area (Å²) in [4.78, 5) is 23.0. The van der Waals surface area contributed by atoms with E-state index in [1.54, 1.807) is 40.1 Å². The van der Waals surface area contributed by atoms with E-state index in [0.29, 0.717) is 45.6 Å². The Labute approximate surface area is 255 Å². The van der Waals surface area contributed by atoms with Crippen molar-refractivity contribution in [2.24, 2.45) is 0 Å². The number of hydrogen-bond acceptors (Lipinski definition) is 7. The van der Waals surface area contributed by atoms with Crippen molar-refractivity contribution in [1.82, 2.24) is 39.8 Å². The fourth-order valence-electron chi connectivity index (χ4n) is 4.79. The van der Waals surface area contributed by atoms with Gasteiger partial charge in [0.2, 0.25) is 0 Å². The number of H-pyrrole nitrogens is 1. The molecule has 1 atom stereocenters. The third-order valence-electron chi connectivity index (χ3n) is 7.04. The van der Waals surface area contributed by atoms with Crippen LogP contribution in [0.2, 0.25) is 25.7 Å². The first-order chi connectivity index (χ1) is 20.7. The summed E-state index contributed by atoms with van der Waals surface area (Å²) in [5.41, 5.74) is 3.06. The highest BCUT2D eigenvalue weighted by Crippen LogP contribution is 2.34. The number of hydrogen-bond donors (Lipinski definition) is 2. The second-order valence-corrected chi connectivity index (χ2v) is 18.7. The fourth-order valence-corrected chi connectivity index (χ4v) is 5.55. The highest BCUT2D eigenvalue weighted by Gasteiger charge is 2.25. The van der Waals surface area contributed by atoms with Crippen LogP contribution in [0.4, 0.5) is 8.78 Å². The number of benzene rings is 1. The van der Waals surface area contributed by atoms with Crippen LogP contribution in [0.3, 0.4) is 0 Å². The molecule has 11 nitrogen and oxygen atoms in total. The summed E-state index contributed by atoms with van der Waals surface area (Å²) in [5.74, 6) is -0.309. The van der Waals surface area contributed by atoms with Crippen LogP contribution >= 0.6 is 0 Å². The molecule has 0 spiro atoms. The normalized spacial score (nSPS) is 13.2. The molecule has 0 aliphatic carbocycles. The Bertz CT molecular complexity index is 1770. The predicted molar refractivity (Wildman–Crippen MR) is 167 cm³/mol. The fraction of sp³-hybridized carbons (Fsp3) is 0.433. The molecule has 4 heterocycles. The van der Waals surface area contributed by atoms with Gasteiger partial charge in [-0.2, -0.15) is 19.0 Å². The van der Waals surface area contributed by atoms with Gasteiger partial charge in [-0.15, -0.1) is 0 Å². The van der Waals surface area contributed by atoms with Crippen molar-refractivity contribution < 1.29 is 23.0 Å². The lowest BCUT2D eigenvalue weighted by molar-refractivity contribution is -0.0497. The van der Waals surface area contributed by atoms with E-state index in [2.05, 4.69) is 35.2 Å². The summed E-state index contributed by atoms with van der Waals surface area (Å²) in [5, 5.41) is 15.3. The highest BCUT2D eigenvalue weighted by atomic mass is 28.3. The van der Waals surface area contributed by atoms with Crippen LogP contribution in [-0.2, 0) is 11.5 Å². The van der Waals surface area contributed by atoms with Gasteiger partial charge in [-0.3, -0.25) is 14.6 Å². The minimum absolute atomic E-state index is 0.00911. The number of aromatic nitrogens is 7. The van der Waals surface area contributed by atoms with Crippen LogP contribution in [0.1, 0.15) is 49.7 Å². The van der Waals surface area contributed by atoms with Crippen molar-refractivity contribution in [2.75, 3.05) is 6.61 Å². The average Bonchev–Trinajstić information content (AvgIpc) is 3.66. The molecule has 0 bridgehead atoms. The van der Waals surface area contributed by atoms with Gasteiger partial charge in [0, 0.05) is 43.6 Å².